The molecule has 1 aromatic heterocycles. The number of aromatic amines is 1. The zero-order valence-corrected chi connectivity index (χ0v) is 10.8. The average molecular weight is 274 g/mol. The number of nitrogens with one attached hydrogen (secondary N) is 3. The fourth-order valence-electron chi connectivity index (χ4n) is 1.48. The van der Waals surface area contributed by atoms with Crippen molar-refractivity contribution in [2.24, 2.45) is 0 Å². The number of carbonyl (C=O) groups excluding carboxylic acids is 1. The summed E-state index contributed by atoms with van der Waals surface area (Å²) >= 11 is 0. The third-order valence-electron chi connectivity index (χ3n) is 2.48. The number of anilines is 3. The topological polar surface area (TPSA) is 116 Å². The molecule has 0 bridgehead atoms. The highest BCUT2D eigenvalue weighted by Gasteiger charge is 2.14. The molecular weight excluding hydrogens is 260 g/mol. The fourth-order valence-corrected chi connectivity index (χ4v) is 1.48. The largest absolute Gasteiger partial charge is 0.393 e. The van der Waals surface area contributed by atoms with E-state index in [1.54, 1.807) is 24.3 Å². The fraction of sp³-hybridized carbons (Fsp3) is 0.0833. The van der Waals surface area contributed by atoms with Crippen LogP contribution in [0.4, 0.5) is 22.1 Å². The van der Waals surface area contributed by atoms with Crippen molar-refractivity contribution in [2.45, 2.75) is 0 Å². The SMILES string of the molecule is CNC(=O)NN(c1ccccc1)c1ncc(N)c(=O)[nH]1. The molecule has 0 saturated heterocycles. The van der Waals surface area contributed by atoms with Crippen LogP contribution in [-0.4, -0.2) is 23.0 Å². The van der Waals surface area contributed by atoms with E-state index < -0.39 is 11.6 Å². The lowest BCUT2D eigenvalue weighted by molar-refractivity contribution is 0.243. The second-order valence-corrected chi connectivity index (χ2v) is 3.85. The first kappa shape index (κ1) is 13.4. The van der Waals surface area contributed by atoms with Gasteiger partial charge in [0.05, 0.1) is 11.9 Å². The van der Waals surface area contributed by atoms with Gasteiger partial charge in [-0.25, -0.2) is 20.2 Å². The monoisotopic (exact) mass is 274 g/mol. The number of H-pyrrole nitrogens is 1. The van der Waals surface area contributed by atoms with E-state index in [1.165, 1.54) is 18.3 Å². The van der Waals surface area contributed by atoms with Gasteiger partial charge in [0.1, 0.15) is 5.69 Å². The molecule has 0 radical (unpaired) electrons. The number of nitrogens with two attached hydrogens (primary N) is 1. The van der Waals surface area contributed by atoms with Crippen LogP contribution in [0.25, 0.3) is 0 Å². The van der Waals surface area contributed by atoms with E-state index in [4.69, 9.17) is 5.73 Å². The predicted octanol–water partition coefficient (Wildman–Crippen LogP) is 0.334. The van der Waals surface area contributed by atoms with Gasteiger partial charge in [-0.05, 0) is 12.1 Å². The Hall–Kier alpha value is -3.03. The number of aromatic nitrogens is 2. The Kier molecular flexibility index (Phi) is 3.85. The Balaban J connectivity index is 2.43. The number of nitrogens with zero attached hydrogens (tertiary/aromatic N) is 2. The Bertz CT molecular complexity index is 654. The number of amides is 2. The first-order valence-corrected chi connectivity index (χ1v) is 5.80. The number of hydrogen-bond acceptors (Lipinski definition) is 5. The number of rotatable bonds is 3. The highest BCUT2D eigenvalue weighted by molar-refractivity contribution is 5.77. The molecule has 0 unspecified atom stereocenters. The van der Waals surface area contributed by atoms with Gasteiger partial charge in [0, 0.05) is 7.05 Å². The molecule has 8 heteroatoms. The molecule has 1 heterocycles. The molecule has 2 amide bonds. The van der Waals surface area contributed by atoms with E-state index in [-0.39, 0.29) is 11.6 Å². The maximum Gasteiger partial charge on any atom is 0.333 e. The normalized spacial score (nSPS) is 9.85. The van der Waals surface area contributed by atoms with Crippen molar-refractivity contribution in [1.29, 1.82) is 0 Å². The van der Waals surface area contributed by atoms with Gasteiger partial charge in [0.2, 0.25) is 5.95 Å². The van der Waals surface area contributed by atoms with E-state index >= 15 is 0 Å². The predicted molar refractivity (Wildman–Crippen MR) is 75.4 cm³/mol. The van der Waals surface area contributed by atoms with Crippen LogP contribution in [0.3, 0.4) is 0 Å². The first-order chi connectivity index (χ1) is 9.61. The molecule has 2 rings (SSSR count). The molecule has 0 saturated carbocycles. The summed E-state index contributed by atoms with van der Waals surface area (Å²) in [6.45, 7) is 0. The lowest BCUT2D eigenvalue weighted by Crippen LogP contribution is -2.45. The number of hydrogen-bond donors (Lipinski definition) is 4. The molecule has 1 aromatic carbocycles. The smallest absolute Gasteiger partial charge is 0.333 e. The molecule has 104 valence electrons. The van der Waals surface area contributed by atoms with Crippen LogP contribution < -0.4 is 27.0 Å². The Morgan fingerprint density at radius 3 is 2.65 bits per heavy atom. The van der Waals surface area contributed by atoms with Crippen molar-refractivity contribution < 1.29 is 4.79 Å². The van der Waals surface area contributed by atoms with Gasteiger partial charge in [0.15, 0.2) is 0 Å². The van der Waals surface area contributed by atoms with Crippen LogP contribution in [0.5, 0.6) is 0 Å². The number of hydrazine groups is 1. The van der Waals surface area contributed by atoms with Crippen molar-refractivity contribution in [2.75, 3.05) is 17.8 Å². The Morgan fingerprint density at radius 1 is 1.35 bits per heavy atom. The van der Waals surface area contributed by atoms with Gasteiger partial charge in [-0.15, -0.1) is 0 Å². The number of benzene rings is 1. The van der Waals surface area contributed by atoms with Crippen LogP contribution in [0.2, 0.25) is 0 Å². The summed E-state index contributed by atoms with van der Waals surface area (Å²) < 4.78 is 0. The quantitative estimate of drug-likeness (QED) is 0.602. The van der Waals surface area contributed by atoms with Crippen molar-refractivity contribution in [3.63, 3.8) is 0 Å². The molecule has 0 aliphatic heterocycles. The molecule has 0 aliphatic carbocycles. The van der Waals surface area contributed by atoms with Crippen molar-refractivity contribution >= 4 is 23.4 Å². The van der Waals surface area contributed by atoms with Gasteiger partial charge < -0.3 is 11.1 Å². The van der Waals surface area contributed by atoms with E-state index in [1.807, 2.05) is 6.07 Å². The van der Waals surface area contributed by atoms with E-state index in [2.05, 4.69) is 20.7 Å². The Labute approximate surface area is 114 Å². The van der Waals surface area contributed by atoms with Crippen molar-refractivity contribution in [3.05, 3.63) is 46.9 Å². The summed E-state index contributed by atoms with van der Waals surface area (Å²) in [4.78, 5) is 29.6. The van der Waals surface area contributed by atoms with E-state index in [0.717, 1.165) is 0 Å². The number of carbonyl (C=O) groups is 1. The molecular formula is C12H14N6O2. The summed E-state index contributed by atoms with van der Waals surface area (Å²) in [6.07, 6.45) is 1.23. The van der Waals surface area contributed by atoms with Crippen molar-refractivity contribution in [3.8, 4) is 0 Å². The summed E-state index contributed by atoms with van der Waals surface area (Å²) in [5.41, 5.74) is 8.14. The average Bonchev–Trinajstić information content (AvgIpc) is 2.48. The van der Waals surface area contributed by atoms with Crippen LogP contribution in [0.1, 0.15) is 0 Å². The zero-order chi connectivity index (χ0) is 14.5. The summed E-state index contributed by atoms with van der Waals surface area (Å²) in [5.74, 6) is 0.152. The van der Waals surface area contributed by atoms with Crippen molar-refractivity contribution in [1.82, 2.24) is 20.7 Å². The van der Waals surface area contributed by atoms with Gasteiger partial charge >= 0.3 is 6.03 Å². The van der Waals surface area contributed by atoms with Gasteiger partial charge in [-0.3, -0.25) is 9.78 Å². The standard InChI is InChI=1S/C12H14N6O2/c1-14-12(20)17-18(8-5-3-2-4-6-8)11-15-7-9(13)10(19)16-11/h2-7H,13H2,1H3,(H2,14,17,20)(H,15,16,19). The second-order valence-electron chi connectivity index (χ2n) is 3.85. The zero-order valence-electron chi connectivity index (χ0n) is 10.8. The highest BCUT2D eigenvalue weighted by Crippen LogP contribution is 2.18. The molecule has 2 aromatic rings. The van der Waals surface area contributed by atoms with Gasteiger partial charge in [0.25, 0.3) is 5.56 Å². The lowest BCUT2D eigenvalue weighted by atomic mass is 10.3. The summed E-state index contributed by atoms with van der Waals surface area (Å²) in [6, 6.07) is 8.49. The maximum atomic E-state index is 11.6. The third kappa shape index (κ3) is 2.86. The third-order valence-corrected chi connectivity index (χ3v) is 2.48. The molecule has 20 heavy (non-hydrogen) atoms. The number of para-hydroxylation sites is 1. The van der Waals surface area contributed by atoms with Crippen LogP contribution in [0, 0.1) is 0 Å². The summed E-state index contributed by atoms with van der Waals surface area (Å²) in [7, 11) is 1.48. The number of nitrogen functional groups attached to an aromatic ring is 1. The molecule has 0 aliphatic rings. The molecule has 8 nitrogen and oxygen atoms in total. The second kappa shape index (κ2) is 5.74. The van der Waals surface area contributed by atoms with Crippen LogP contribution >= 0.6 is 0 Å². The molecule has 0 atom stereocenters. The minimum Gasteiger partial charge on any atom is -0.393 e. The molecule has 0 fully saturated rings. The van der Waals surface area contributed by atoms with Crippen LogP contribution in [0.15, 0.2) is 41.3 Å². The molecule has 5 N–H and O–H groups in total. The minimum absolute atomic E-state index is 0.00158. The van der Waals surface area contributed by atoms with E-state index in [9.17, 15) is 9.59 Å². The number of urea groups is 1. The van der Waals surface area contributed by atoms with Crippen LogP contribution in [-0.2, 0) is 0 Å². The lowest BCUT2D eigenvalue weighted by Gasteiger charge is -2.23. The van der Waals surface area contributed by atoms with Gasteiger partial charge in [-0.1, -0.05) is 18.2 Å². The Morgan fingerprint density at radius 2 is 2.05 bits per heavy atom. The van der Waals surface area contributed by atoms with E-state index in [0.29, 0.717) is 5.69 Å². The van der Waals surface area contributed by atoms with Gasteiger partial charge in [-0.2, -0.15) is 0 Å². The minimum atomic E-state index is -0.477. The first-order valence-electron chi connectivity index (χ1n) is 5.80. The highest BCUT2D eigenvalue weighted by atomic mass is 16.2. The maximum absolute atomic E-state index is 11.6. The summed E-state index contributed by atoms with van der Waals surface area (Å²) in [5, 5.41) is 3.77. The molecule has 0 spiro atoms.